The van der Waals surface area contributed by atoms with Crippen molar-refractivity contribution in [1.82, 2.24) is 9.97 Å². The number of halogens is 1. The van der Waals surface area contributed by atoms with Gasteiger partial charge in [0.25, 0.3) is 15.6 Å². The Morgan fingerprint density at radius 1 is 1.26 bits per heavy atom. The predicted molar refractivity (Wildman–Crippen MR) is 74.5 cm³/mol. The maximum atomic E-state index is 12.0. The second-order valence-electron chi connectivity index (χ2n) is 3.79. The lowest BCUT2D eigenvalue weighted by Crippen LogP contribution is -2.18. The first kappa shape index (κ1) is 13.8. The molecule has 0 aliphatic carbocycles. The van der Waals surface area contributed by atoms with E-state index in [-0.39, 0.29) is 10.8 Å². The number of sulfonamides is 1. The standard InChI is InChI=1S/C11H10BrN3O3S/c1-7-6-10(16)14-11(13-7)15-19(17,18)9-4-2-8(12)3-5-9/h2-6H,1H3,(H2,13,14,15,16). The highest BCUT2D eigenvalue weighted by atomic mass is 79.9. The van der Waals surface area contributed by atoms with Crippen molar-refractivity contribution >= 4 is 31.9 Å². The molecule has 2 N–H and O–H groups in total. The number of hydrogen-bond donors (Lipinski definition) is 2. The number of nitrogens with zero attached hydrogens (tertiary/aromatic N) is 1. The highest BCUT2D eigenvalue weighted by Gasteiger charge is 2.15. The molecule has 8 heteroatoms. The minimum atomic E-state index is -3.77. The van der Waals surface area contributed by atoms with E-state index in [0.717, 1.165) is 4.47 Å². The predicted octanol–water partition coefficient (Wildman–Crippen LogP) is 1.64. The van der Waals surface area contributed by atoms with Crippen molar-refractivity contribution < 1.29 is 8.42 Å². The van der Waals surface area contributed by atoms with Crippen LogP contribution in [0, 0.1) is 6.92 Å². The number of hydrogen-bond acceptors (Lipinski definition) is 4. The van der Waals surface area contributed by atoms with E-state index in [4.69, 9.17) is 0 Å². The van der Waals surface area contributed by atoms with Crippen LogP contribution in [0.4, 0.5) is 5.95 Å². The monoisotopic (exact) mass is 343 g/mol. The molecule has 0 saturated heterocycles. The number of anilines is 1. The molecule has 0 radical (unpaired) electrons. The normalized spacial score (nSPS) is 11.3. The lowest BCUT2D eigenvalue weighted by Gasteiger charge is -2.07. The van der Waals surface area contributed by atoms with Crippen molar-refractivity contribution in [1.29, 1.82) is 0 Å². The third-order valence-corrected chi connectivity index (χ3v) is 4.11. The smallest absolute Gasteiger partial charge is 0.264 e. The Bertz CT molecular complexity index is 754. The summed E-state index contributed by atoms with van der Waals surface area (Å²) in [6.07, 6.45) is 0. The van der Waals surface area contributed by atoms with Crippen LogP contribution in [-0.2, 0) is 10.0 Å². The van der Waals surface area contributed by atoms with Gasteiger partial charge in [0, 0.05) is 16.2 Å². The first-order chi connectivity index (χ1) is 8.87. The summed E-state index contributed by atoms with van der Waals surface area (Å²) >= 11 is 3.22. The van der Waals surface area contributed by atoms with Crippen LogP contribution in [0.3, 0.4) is 0 Å². The van der Waals surface area contributed by atoms with Crippen molar-refractivity contribution in [3.63, 3.8) is 0 Å². The average molecular weight is 344 g/mol. The summed E-state index contributed by atoms with van der Waals surface area (Å²) in [6.45, 7) is 1.60. The van der Waals surface area contributed by atoms with Crippen LogP contribution in [-0.4, -0.2) is 18.4 Å². The fraction of sp³-hybridized carbons (Fsp3) is 0.0909. The van der Waals surface area contributed by atoms with Crippen molar-refractivity contribution in [3.8, 4) is 0 Å². The lowest BCUT2D eigenvalue weighted by molar-refractivity contribution is 0.600. The van der Waals surface area contributed by atoms with Crippen LogP contribution < -0.4 is 10.3 Å². The Morgan fingerprint density at radius 2 is 1.89 bits per heavy atom. The van der Waals surface area contributed by atoms with Gasteiger partial charge in [-0.15, -0.1) is 0 Å². The highest BCUT2D eigenvalue weighted by Crippen LogP contribution is 2.16. The molecule has 2 rings (SSSR count). The Balaban J connectivity index is 2.36. The van der Waals surface area contributed by atoms with Gasteiger partial charge in [-0.05, 0) is 31.2 Å². The van der Waals surface area contributed by atoms with Crippen molar-refractivity contribution in [2.24, 2.45) is 0 Å². The van der Waals surface area contributed by atoms with E-state index < -0.39 is 15.6 Å². The van der Waals surface area contributed by atoms with Crippen LogP contribution in [0.5, 0.6) is 0 Å². The van der Waals surface area contributed by atoms with Gasteiger partial charge < -0.3 is 0 Å². The number of rotatable bonds is 3. The summed E-state index contributed by atoms with van der Waals surface area (Å²) in [5, 5.41) is 0. The first-order valence-electron chi connectivity index (χ1n) is 5.23. The van der Waals surface area contributed by atoms with Gasteiger partial charge in [-0.2, -0.15) is 0 Å². The van der Waals surface area contributed by atoms with Gasteiger partial charge in [-0.1, -0.05) is 15.9 Å². The minimum absolute atomic E-state index is 0.0832. The van der Waals surface area contributed by atoms with Gasteiger partial charge in [0.2, 0.25) is 5.95 Å². The van der Waals surface area contributed by atoms with E-state index in [2.05, 4.69) is 30.6 Å². The van der Waals surface area contributed by atoms with Crippen molar-refractivity contribution in [3.05, 3.63) is 50.9 Å². The molecule has 1 aromatic carbocycles. The lowest BCUT2D eigenvalue weighted by atomic mass is 10.4. The third-order valence-electron chi connectivity index (χ3n) is 2.22. The van der Waals surface area contributed by atoms with E-state index in [0.29, 0.717) is 5.69 Å². The summed E-state index contributed by atoms with van der Waals surface area (Å²) in [5.41, 5.74) is 0.0123. The molecular weight excluding hydrogens is 334 g/mol. The summed E-state index contributed by atoms with van der Waals surface area (Å²) < 4.78 is 27.1. The maximum absolute atomic E-state index is 12.0. The zero-order chi connectivity index (χ0) is 14.0. The molecule has 0 unspecified atom stereocenters. The zero-order valence-electron chi connectivity index (χ0n) is 9.84. The van der Waals surface area contributed by atoms with Crippen LogP contribution in [0.25, 0.3) is 0 Å². The molecule has 19 heavy (non-hydrogen) atoms. The number of aryl methyl sites for hydroxylation is 1. The number of aromatic amines is 1. The fourth-order valence-corrected chi connectivity index (χ4v) is 2.66. The minimum Gasteiger partial charge on any atom is -0.292 e. The number of aromatic nitrogens is 2. The van der Waals surface area contributed by atoms with E-state index >= 15 is 0 Å². The fourth-order valence-electron chi connectivity index (χ4n) is 1.43. The molecule has 0 amide bonds. The van der Waals surface area contributed by atoms with Crippen LogP contribution in [0.15, 0.2) is 44.5 Å². The van der Waals surface area contributed by atoms with E-state index in [1.54, 1.807) is 19.1 Å². The van der Waals surface area contributed by atoms with Gasteiger partial charge in [0.05, 0.1) is 4.90 Å². The second-order valence-corrected chi connectivity index (χ2v) is 6.39. The molecule has 0 aliphatic rings. The molecule has 0 bridgehead atoms. The average Bonchev–Trinajstić information content (AvgIpc) is 2.27. The first-order valence-corrected chi connectivity index (χ1v) is 7.51. The van der Waals surface area contributed by atoms with Crippen LogP contribution in [0.1, 0.15) is 5.69 Å². The van der Waals surface area contributed by atoms with E-state index in [9.17, 15) is 13.2 Å². The Hall–Kier alpha value is -1.67. The molecule has 0 atom stereocenters. The molecule has 0 fully saturated rings. The molecule has 1 heterocycles. The molecule has 0 aliphatic heterocycles. The number of nitrogens with one attached hydrogen (secondary N) is 2. The Kier molecular flexibility index (Phi) is 3.72. The van der Waals surface area contributed by atoms with Crippen molar-refractivity contribution in [2.75, 3.05) is 4.72 Å². The second kappa shape index (κ2) is 5.14. The van der Waals surface area contributed by atoms with Gasteiger partial charge in [-0.25, -0.2) is 18.1 Å². The maximum Gasteiger partial charge on any atom is 0.264 e. The largest absolute Gasteiger partial charge is 0.292 e. The van der Waals surface area contributed by atoms with Crippen LogP contribution >= 0.6 is 15.9 Å². The molecule has 6 nitrogen and oxygen atoms in total. The molecule has 0 spiro atoms. The number of H-pyrrole nitrogens is 1. The Labute approximate surface area is 118 Å². The van der Waals surface area contributed by atoms with Gasteiger partial charge in [0.15, 0.2) is 0 Å². The Morgan fingerprint density at radius 3 is 2.47 bits per heavy atom. The summed E-state index contributed by atoms with van der Waals surface area (Å²) in [5.74, 6) is -0.104. The molecule has 2 aromatic rings. The van der Waals surface area contributed by atoms with Gasteiger partial charge in [0.1, 0.15) is 0 Å². The summed E-state index contributed by atoms with van der Waals surface area (Å²) in [7, 11) is -3.77. The summed E-state index contributed by atoms with van der Waals surface area (Å²) in [6, 6.07) is 7.39. The quantitative estimate of drug-likeness (QED) is 0.885. The van der Waals surface area contributed by atoms with E-state index in [1.807, 2.05) is 0 Å². The highest BCUT2D eigenvalue weighted by molar-refractivity contribution is 9.10. The SMILES string of the molecule is Cc1cc(=O)[nH]c(NS(=O)(=O)c2ccc(Br)cc2)n1. The van der Waals surface area contributed by atoms with Gasteiger partial charge in [-0.3, -0.25) is 9.78 Å². The molecule has 100 valence electrons. The topological polar surface area (TPSA) is 91.9 Å². The third kappa shape index (κ3) is 3.42. The number of benzene rings is 1. The molecular formula is C11H10BrN3O3S. The van der Waals surface area contributed by atoms with Crippen molar-refractivity contribution in [2.45, 2.75) is 11.8 Å². The molecule has 0 saturated carbocycles. The summed E-state index contributed by atoms with van der Waals surface area (Å²) in [4.78, 5) is 17.6. The zero-order valence-corrected chi connectivity index (χ0v) is 12.2. The van der Waals surface area contributed by atoms with E-state index in [1.165, 1.54) is 18.2 Å². The molecule has 1 aromatic heterocycles. The van der Waals surface area contributed by atoms with Gasteiger partial charge >= 0.3 is 0 Å². The van der Waals surface area contributed by atoms with Crippen LogP contribution in [0.2, 0.25) is 0 Å².